The molecule has 0 radical (unpaired) electrons. The predicted octanol–water partition coefficient (Wildman–Crippen LogP) is 7.87. The number of carbonyl (C=O) groups is 1. The molecule has 1 fully saturated rings. The lowest BCUT2D eigenvalue weighted by atomic mass is 9.93. The van der Waals surface area contributed by atoms with Crippen molar-refractivity contribution < 1.29 is 49.0 Å². The number of rotatable bonds is 6. The zero-order valence-corrected chi connectivity index (χ0v) is 24.6. The first-order valence-corrected chi connectivity index (χ1v) is 14.5. The fourth-order valence-electron chi connectivity index (χ4n) is 5.65. The van der Waals surface area contributed by atoms with Crippen LogP contribution in [0.25, 0.3) is 0 Å². The van der Waals surface area contributed by atoms with E-state index in [0.29, 0.717) is 25.0 Å². The van der Waals surface area contributed by atoms with Crippen molar-refractivity contribution in [1.29, 1.82) is 0 Å². The van der Waals surface area contributed by atoms with Gasteiger partial charge in [0.05, 0.1) is 35.5 Å². The maximum atomic E-state index is 14.2. The average Bonchev–Trinajstić information content (AvgIpc) is 3.28. The number of alkyl halides is 9. The van der Waals surface area contributed by atoms with Crippen LogP contribution < -0.4 is 9.80 Å². The van der Waals surface area contributed by atoms with Crippen LogP contribution in [-0.2, 0) is 43.3 Å². The van der Waals surface area contributed by atoms with Gasteiger partial charge in [0.15, 0.2) is 0 Å². The van der Waals surface area contributed by atoms with E-state index in [1.165, 1.54) is 24.9 Å². The molecule has 1 aliphatic heterocycles. The van der Waals surface area contributed by atoms with Gasteiger partial charge in [0.1, 0.15) is 6.10 Å². The number of tetrazole rings is 1. The minimum absolute atomic E-state index is 0.00709. The van der Waals surface area contributed by atoms with Gasteiger partial charge < -0.3 is 9.64 Å². The summed E-state index contributed by atoms with van der Waals surface area (Å²) >= 11 is 0. The lowest BCUT2D eigenvalue weighted by Crippen LogP contribution is -2.37. The molecular formula is C29H29F9N6O2. The van der Waals surface area contributed by atoms with Crippen molar-refractivity contribution in [3.05, 3.63) is 63.7 Å². The summed E-state index contributed by atoms with van der Waals surface area (Å²) in [5, 5.41) is 11.8. The summed E-state index contributed by atoms with van der Waals surface area (Å²) in [7, 11) is 1.39. The number of fused-ring (bicyclic) bond motifs is 1. The molecule has 0 unspecified atom stereocenters. The first-order valence-electron chi connectivity index (χ1n) is 14.5. The molecule has 1 saturated carbocycles. The van der Waals surface area contributed by atoms with Gasteiger partial charge in [-0.1, -0.05) is 18.1 Å². The molecule has 3 aromatic rings. The van der Waals surface area contributed by atoms with Crippen LogP contribution in [-0.4, -0.2) is 38.9 Å². The second kappa shape index (κ2) is 12.3. The minimum atomic E-state index is -5.11. The van der Waals surface area contributed by atoms with Crippen molar-refractivity contribution in [3.8, 4) is 0 Å². The van der Waals surface area contributed by atoms with Gasteiger partial charge in [-0.3, -0.25) is 4.90 Å². The van der Waals surface area contributed by atoms with Gasteiger partial charge in [-0.2, -0.15) is 44.3 Å². The van der Waals surface area contributed by atoms with Crippen molar-refractivity contribution in [2.24, 2.45) is 7.05 Å². The van der Waals surface area contributed by atoms with Gasteiger partial charge in [0, 0.05) is 13.1 Å². The zero-order chi connectivity index (χ0) is 33.6. The minimum Gasteiger partial charge on any atom is -0.446 e. The third-order valence-corrected chi connectivity index (χ3v) is 8.12. The molecule has 0 bridgehead atoms. The van der Waals surface area contributed by atoms with Crippen molar-refractivity contribution in [2.45, 2.75) is 82.7 Å². The van der Waals surface area contributed by atoms with Crippen molar-refractivity contribution in [1.82, 2.24) is 20.2 Å². The summed E-state index contributed by atoms with van der Waals surface area (Å²) in [6.45, 7) is 0.855. The van der Waals surface area contributed by atoms with E-state index in [4.69, 9.17) is 4.74 Å². The number of anilines is 2. The van der Waals surface area contributed by atoms with E-state index in [1.54, 1.807) is 0 Å². The first-order chi connectivity index (χ1) is 21.5. The van der Waals surface area contributed by atoms with Crippen LogP contribution in [0, 0.1) is 0 Å². The molecule has 1 amide bonds. The SMILES string of the molecule is CCc1cc2c(cc1C(F)(F)F)N(C(=O)OC1CCC1)CCC[C@@H]2N(Cc1cc(C(F)(F)F)cc(C(F)(F)F)c1)c1nnn(C)n1. The van der Waals surface area contributed by atoms with Crippen LogP contribution in [0.1, 0.15) is 78.5 Å². The van der Waals surface area contributed by atoms with Gasteiger partial charge in [-0.15, -0.1) is 5.10 Å². The summed E-state index contributed by atoms with van der Waals surface area (Å²) < 4.78 is 130. The normalized spacial score (nSPS) is 17.7. The van der Waals surface area contributed by atoms with Crippen LogP contribution in [0.3, 0.4) is 0 Å². The van der Waals surface area contributed by atoms with E-state index in [-0.39, 0.29) is 60.7 Å². The Morgan fingerprint density at radius 2 is 1.57 bits per heavy atom. The Balaban J connectivity index is 1.67. The number of halogens is 9. The average molecular weight is 665 g/mol. The number of hydrogen-bond donors (Lipinski definition) is 0. The number of hydrogen-bond acceptors (Lipinski definition) is 6. The fourth-order valence-corrected chi connectivity index (χ4v) is 5.65. The largest absolute Gasteiger partial charge is 0.446 e. The van der Waals surface area contributed by atoms with Gasteiger partial charge in [0.25, 0.3) is 5.95 Å². The molecule has 8 nitrogen and oxygen atoms in total. The van der Waals surface area contributed by atoms with E-state index in [2.05, 4.69) is 15.4 Å². The molecule has 1 aromatic heterocycles. The maximum Gasteiger partial charge on any atom is 0.416 e. The lowest BCUT2D eigenvalue weighted by molar-refractivity contribution is -0.143. The lowest BCUT2D eigenvalue weighted by Gasteiger charge is -2.33. The maximum absolute atomic E-state index is 14.2. The van der Waals surface area contributed by atoms with E-state index in [9.17, 15) is 44.3 Å². The number of benzene rings is 2. The van der Waals surface area contributed by atoms with Gasteiger partial charge in [-0.05, 0) is 84.7 Å². The molecule has 2 aliphatic rings. The Morgan fingerprint density at radius 3 is 2.07 bits per heavy atom. The summed E-state index contributed by atoms with van der Waals surface area (Å²) in [6, 6.07) is 2.28. The molecule has 2 aromatic carbocycles. The molecular weight excluding hydrogens is 635 g/mol. The highest BCUT2D eigenvalue weighted by molar-refractivity contribution is 5.89. The standard InChI is InChI=1S/C29H29F9N6O2/c1-3-17-12-21-23(8-5-9-43(26(45)46-20-6-4-7-20)24(21)14-22(17)29(36,37)38)44(25-39-41-42(2)40-25)15-16-10-18(27(30,31)32)13-19(11-16)28(33,34)35/h10-14,20,23H,3-9,15H2,1-2H3/t23-/m0/s1. The summed E-state index contributed by atoms with van der Waals surface area (Å²) in [5.41, 5.74) is -4.50. The summed E-state index contributed by atoms with van der Waals surface area (Å²) in [6.07, 6.45) is -13.9. The van der Waals surface area contributed by atoms with Crippen molar-refractivity contribution in [3.63, 3.8) is 0 Å². The quantitative estimate of drug-likeness (QED) is 0.250. The monoisotopic (exact) mass is 664 g/mol. The number of amides is 1. The molecule has 46 heavy (non-hydrogen) atoms. The van der Waals surface area contributed by atoms with E-state index in [0.717, 1.165) is 22.2 Å². The van der Waals surface area contributed by atoms with Crippen LogP contribution >= 0.6 is 0 Å². The highest BCUT2D eigenvalue weighted by Gasteiger charge is 2.41. The molecule has 0 spiro atoms. The molecule has 5 rings (SSSR count). The molecule has 1 aliphatic carbocycles. The van der Waals surface area contributed by atoms with Gasteiger partial charge in [-0.25, -0.2) is 4.79 Å². The van der Waals surface area contributed by atoms with Crippen LogP contribution in [0.4, 0.5) is 55.9 Å². The Hall–Kier alpha value is -4.05. The van der Waals surface area contributed by atoms with E-state index < -0.39 is 59.5 Å². The second-order valence-electron chi connectivity index (χ2n) is 11.3. The molecule has 250 valence electrons. The molecule has 2 heterocycles. The molecule has 0 saturated heterocycles. The number of ether oxygens (including phenoxy) is 1. The number of aryl methyl sites for hydroxylation is 2. The number of aromatic nitrogens is 4. The molecule has 17 heteroatoms. The van der Waals surface area contributed by atoms with Crippen molar-refractivity contribution >= 4 is 17.7 Å². The van der Waals surface area contributed by atoms with Crippen LogP contribution in [0.5, 0.6) is 0 Å². The summed E-state index contributed by atoms with van der Waals surface area (Å²) in [4.78, 5) is 16.7. The predicted molar refractivity (Wildman–Crippen MR) is 146 cm³/mol. The Labute approximate surface area is 257 Å². The zero-order valence-electron chi connectivity index (χ0n) is 24.6. The third kappa shape index (κ3) is 7.02. The van der Waals surface area contributed by atoms with Gasteiger partial charge in [0.2, 0.25) is 0 Å². The smallest absolute Gasteiger partial charge is 0.416 e. The first kappa shape index (κ1) is 33.3. The summed E-state index contributed by atoms with van der Waals surface area (Å²) in [5.74, 6) is -0.187. The molecule has 0 N–H and O–H groups in total. The molecule has 1 atom stereocenters. The Kier molecular flexibility index (Phi) is 8.90. The van der Waals surface area contributed by atoms with Crippen molar-refractivity contribution in [2.75, 3.05) is 16.3 Å². The highest BCUT2D eigenvalue weighted by atomic mass is 19.4. The number of nitrogens with zero attached hydrogens (tertiary/aromatic N) is 6. The topological polar surface area (TPSA) is 76.4 Å². The second-order valence-corrected chi connectivity index (χ2v) is 11.3. The number of carbonyl (C=O) groups excluding carboxylic acids is 1. The fraction of sp³-hybridized carbons (Fsp3) is 0.517. The van der Waals surface area contributed by atoms with Crippen LogP contribution in [0.15, 0.2) is 30.3 Å². The highest BCUT2D eigenvalue weighted by Crippen LogP contribution is 2.45. The Bertz CT molecular complexity index is 1550. The van der Waals surface area contributed by atoms with E-state index >= 15 is 0 Å². The van der Waals surface area contributed by atoms with Gasteiger partial charge >= 0.3 is 24.6 Å². The third-order valence-electron chi connectivity index (χ3n) is 8.12. The van der Waals surface area contributed by atoms with Crippen LogP contribution in [0.2, 0.25) is 0 Å². The van der Waals surface area contributed by atoms with E-state index in [1.807, 2.05) is 0 Å². The Morgan fingerprint density at radius 1 is 0.913 bits per heavy atom.